The summed E-state index contributed by atoms with van der Waals surface area (Å²) in [6, 6.07) is 4.25. The van der Waals surface area contributed by atoms with E-state index >= 15 is 0 Å². The summed E-state index contributed by atoms with van der Waals surface area (Å²) < 4.78 is 13.4. The number of nitrogens with zero attached hydrogens (tertiary/aromatic N) is 4. The minimum Gasteiger partial charge on any atom is -0.481 e. The second-order valence-electron chi connectivity index (χ2n) is 6.59. The third-order valence-corrected chi connectivity index (χ3v) is 4.96. The van der Waals surface area contributed by atoms with Crippen LogP contribution in [0.4, 0.5) is 21.8 Å². The molecule has 2 aromatic heterocycles. The number of halogens is 2. The number of anilines is 3. The fourth-order valence-electron chi connectivity index (χ4n) is 3.25. The molecule has 0 amide bonds. The minimum absolute atomic E-state index is 0.00417. The van der Waals surface area contributed by atoms with Gasteiger partial charge in [-0.15, -0.1) is 0 Å². The molecule has 8 nitrogen and oxygen atoms in total. The average molecular weight is 403 g/mol. The SMILES string of the molecule is O=C(O)C1CCC(Nc2ncc3ncnc(Nc4ccc(F)c(Cl)c4)c3n2)C1. The number of nitrogens with one attached hydrogen (secondary N) is 2. The Bertz CT molecular complexity index is 1050. The van der Waals surface area contributed by atoms with Gasteiger partial charge in [-0.25, -0.2) is 24.3 Å². The van der Waals surface area contributed by atoms with Gasteiger partial charge >= 0.3 is 5.97 Å². The van der Waals surface area contributed by atoms with Crippen molar-refractivity contribution in [2.45, 2.75) is 25.3 Å². The van der Waals surface area contributed by atoms with Crippen LogP contribution < -0.4 is 10.6 Å². The van der Waals surface area contributed by atoms with Crippen LogP contribution in [0, 0.1) is 11.7 Å². The van der Waals surface area contributed by atoms with E-state index in [2.05, 4.69) is 30.6 Å². The van der Waals surface area contributed by atoms with Crippen LogP contribution in [-0.2, 0) is 4.79 Å². The van der Waals surface area contributed by atoms with Gasteiger partial charge < -0.3 is 15.7 Å². The van der Waals surface area contributed by atoms with Crippen LogP contribution in [-0.4, -0.2) is 37.1 Å². The highest BCUT2D eigenvalue weighted by Crippen LogP contribution is 2.29. The summed E-state index contributed by atoms with van der Waals surface area (Å²) in [4.78, 5) is 28.2. The van der Waals surface area contributed by atoms with Crippen molar-refractivity contribution in [3.05, 3.63) is 41.6 Å². The molecule has 10 heteroatoms. The first-order valence-electron chi connectivity index (χ1n) is 8.69. The number of rotatable bonds is 5. The van der Waals surface area contributed by atoms with Gasteiger partial charge in [0, 0.05) is 11.7 Å². The van der Waals surface area contributed by atoms with Gasteiger partial charge in [-0.3, -0.25) is 4.79 Å². The van der Waals surface area contributed by atoms with Gasteiger partial charge in [0.05, 0.1) is 17.1 Å². The molecule has 2 heterocycles. The first-order valence-corrected chi connectivity index (χ1v) is 9.06. The molecule has 3 N–H and O–H groups in total. The maximum atomic E-state index is 13.4. The van der Waals surface area contributed by atoms with Gasteiger partial charge in [-0.05, 0) is 37.5 Å². The quantitative estimate of drug-likeness (QED) is 0.593. The van der Waals surface area contributed by atoms with E-state index in [4.69, 9.17) is 16.7 Å². The molecule has 144 valence electrons. The van der Waals surface area contributed by atoms with Crippen molar-refractivity contribution in [1.29, 1.82) is 0 Å². The number of aromatic nitrogens is 4. The summed E-state index contributed by atoms with van der Waals surface area (Å²) >= 11 is 5.83. The van der Waals surface area contributed by atoms with Crippen molar-refractivity contribution in [3.63, 3.8) is 0 Å². The largest absolute Gasteiger partial charge is 0.481 e. The van der Waals surface area contributed by atoms with Gasteiger partial charge in [-0.1, -0.05) is 11.6 Å². The molecule has 2 atom stereocenters. The number of benzene rings is 1. The lowest BCUT2D eigenvalue weighted by molar-refractivity contribution is -0.141. The molecular formula is C18H16ClFN6O2. The Balaban J connectivity index is 1.59. The van der Waals surface area contributed by atoms with Crippen molar-refractivity contribution in [3.8, 4) is 0 Å². The van der Waals surface area contributed by atoms with Crippen molar-refractivity contribution < 1.29 is 14.3 Å². The smallest absolute Gasteiger partial charge is 0.306 e. The predicted molar refractivity (Wildman–Crippen MR) is 102 cm³/mol. The lowest BCUT2D eigenvalue weighted by Crippen LogP contribution is -2.19. The Morgan fingerprint density at radius 2 is 2.11 bits per heavy atom. The maximum absolute atomic E-state index is 13.4. The second-order valence-corrected chi connectivity index (χ2v) is 7.00. The average Bonchev–Trinajstić information content (AvgIpc) is 3.14. The van der Waals surface area contributed by atoms with Crippen molar-refractivity contribution in [2.24, 2.45) is 5.92 Å². The fraction of sp³-hybridized carbons (Fsp3) is 0.278. The molecule has 3 aromatic rings. The zero-order valence-corrected chi connectivity index (χ0v) is 15.3. The Labute approximate surface area is 164 Å². The van der Waals surface area contributed by atoms with E-state index in [0.717, 1.165) is 6.42 Å². The topological polar surface area (TPSA) is 113 Å². The first-order chi connectivity index (χ1) is 13.5. The third-order valence-electron chi connectivity index (χ3n) is 4.67. The highest BCUT2D eigenvalue weighted by molar-refractivity contribution is 6.31. The fourth-order valence-corrected chi connectivity index (χ4v) is 3.43. The maximum Gasteiger partial charge on any atom is 0.306 e. The molecule has 1 fully saturated rings. The summed E-state index contributed by atoms with van der Waals surface area (Å²) in [5.41, 5.74) is 1.57. The second kappa shape index (κ2) is 7.51. The lowest BCUT2D eigenvalue weighted by atomic mass is 10.1. The van der Waals surface area contributed by atoms with Gasteiger partial charge in [0.2, 0.25) is 5.95 Å². The molecule has 1 aliphatic rings. The zero-order valence-electron chi connectivity index (χ0n) is 14.6. The summed E-state index contributed by atoms with van der Waals surface area (Å²) in [5, 5.41) is 15.4. The molecular weight excluding hydrogens is 387 g/mol. The van der Waals surface area contributed by atoms with Gasteiger partial charge in [0.25, 0.3) is 0 Å². The first kappa shape index (κ1) is 18.3. The van der Waals surface area contributed by atoms with Crippen LogP contribution in [0.2, 0.25) is 5.02 Å². The van der Waals surface area contributed by atoms with E-state index in [9.17, 15) is 9.18 Å². The minimum atomic E-state index is -0.776. The van der Waals surface area contributed by atoms with Crippen molar-refractivity contribution in [2.75, 3.05) is 10.6 Å². The van der Waals surface area contributed by atoms with E-state index in [1.165, 1.54) is 18.5 Å². The van der Waals surface area contributed by atoms with Crippen LogP contribution in [0.1, 0.15) is 19.3 Å². The summed E-state index contributed by atoms with van der Waals surface area (Å²) in [6.45, 7) is 0. The highest BCUT2D eigenvalue weighted by Gasteiger charge is 2.30. The van der Waals surface area contributed by atoms with E-state index in [0.29, 0.717) is 41.3 Å². The van der Waals surface area contributed by atoms with Crippen LogP contribution in [0.5, 0.6) is 0 Å². The number of hydrogen-bond acceptors (Lipinski definition) is 7. The molecule has 0 radical (unpaired) electrons. The van der Waals surface area contributed by atoms with Crippen LogP contribution in [0.3, 0.4) is 0 Å². The third kappa shape index (κ3) is 3.79. The van der Waals surface area contributed by atoms with E-state index in [-0.39, 0.29) is 17.0 Å². The number of aliphatic carboxylic acids is 1. The molecule has 1 aliphatic carbocycles. The Morgan fingerprint density at radius 3 is 2.86 bits per heavy atom. The Morgan fingerprint density at radius 1 is 1.25 bits per heavy atom. The van der Waals surface area contributed by atoms with Crippen LogP contribution >= 0.6 is 11.6 Å². The number of hydrogen-bond donors (Lipinski definition) is 3. The number of carboxylic acids is 1. The van der Waals surface area contributed by atoms with Gasteiger partial charge in [-0.2, -0.15) is 0 Å². The van der Waals surface area contributed by atoms with E-state index in [1.807, 2.05) is 0 Å². The summed E-state index contributed by atoms with van der Waals surface area (Å²) in [7, 11) is 0. The van der Waals surface area contributed by atoms with E-state index < -0.39 is 11.8 Å². The van der Waals surface area contributed by atoms with Crippen LogP contribution in [0.15, 0.2) is 30.7 Å². The van der Waals surface area contributed by atoms with E-state index in [1.54, 1.807) is 12.3 Å². The molecule has 0 spiro atoms. The zero-order chi connectivity index (χ0) is 19.7. The normalized spacial score (nSPS) is 18.9. The molecule has 1 saturated carbocycles. The molecule has 2 unspecified atom stereocenters. The molecule has 0 aliphatic heterocycles. The molecule has 0 saturated heterocycles. The Kier molecular flexibility index (Phi) is 4.91. The molecule has 1 aromatic carbocycles. The van der Waals surface area contributed by atoms with Crippen molar-refractivity contribution in [1.82, 2.24) is 19.9 Å². The van der Waals surface area contributed by atoms with Gasteiger partial charge in [0.1, 0.15) is 23.2 Å². The van der Waals surface area contributed by atoms with Crippen LogP contribution in [0.25, 0.3) is 11.0 Å². The number of carbonyl (C=O) groups is 1. The molecule has 28 heavy (non-hydrogen) atoms. The molecule has 0 bridgehead atoms. The summed E-state index contributed by atoms with van der Waals surface area (Å²) in [6.07, 6.45) is 4.84. The number of carboxylic acid groups (broad SMARTS) is 1. The standard InChI is InChI=1S/C18H16ClFN6O2/c19-12-6-11(3-4-13(12)20)24-16-15-14(22-8-23-16)7-21-18(26-15)25-10-2-1-9(5-10)17(27)28/h3-4,6-10H,1-2,5H2,(H,27,28)(H,21,25,26)(H,22,23,24). The number of fused-ring (bicyclic) bond motifs is 1. The Hall–Kier alpha value is -3.07. The van der Waals surface area contributed by atoms with Gasteiger partial charge in [0.15, 0.2) is 5.82 Å². The highest BCUT2D eigenvalue weighted by atomic mass is 35.5. The predicted octanol–water partition coefficient (Wildman–Crippen LogP) is 3.62. The lowest BCUT2D eigenvalue weighted by Gasteiger charge is -2.13. The summed E-state index contributed by atoms with van der Waals surface area (Å²) in [5.74, 6) is -0.834. The monoisotopic (exact) mass is 402 g/mol. The molecule has 4 rings (SSSR count). The van der Waals surface area contributed by atoms with Crippen molar-refractivity contribution >= 4 is 46.1 Å².